The summed E-state index contributed by atoms with van der Waals surface area (Å²) < 4.78 is 23.1. The Morgan fingerprint density at radius 2 is 1.79 bits per heavy atom. The van der Waals surface area contributed by atoms with E-state index >= 15 is 0 Å². The van der Waals surface area contributed by atoms with Crippen molar-refractivity contribution in [2.45, 2.75) is 12.7 Å². The fraction of sp³-hybridized carbons (Fsp3) is 0.286. The number of halogens is 1. The predicted molar refractivity (Wildman–Crippen MR) is 68.0 cm³/mol. The van der Waals surface area contributed by atoms with Crippen LogP contribution in [0, 0.1) is 5.82 Å². The first-order valence-electron chi connectivity index (χ1n) is 5.85. The molecule has 1 aromatic heterocycles. The van der Waals surface area contributed by atoms with Crippen LogP contribution in [-0.4, -0.2) is 24.2 Å². The van der Waals surface area contributed by atoms with E-state index in [1.807, 2.05) is 0 Å². The highest BCUT2D eigenvalue weighted by molar-refractivity contribution is 5.20. The maximum atomic E-state index is 12.8. The van der Waals surface area contributed by atoms with Crippen molar-refractivity contribution < 1.29 is 13.9 Å². The molecule has 0 spiro atoms. The summed E-state index contributed by atoms with van der Waals surface area (Å²) in [6.45, 7) is 0. The molecule has 0 aliphatic carbocycles. The Balaban J connectivity index is 2.17. The van der Waals surface area contributed by atoms with E-state index in [1.54, 1.807) is 38.6 Å². The molecule has 0 radical (unpaired) electrons. The van der Waals surface area contributed by atoms with E-state index in [0.717, 1.165) is 5.56 Å². The third kappa shape index (κ3) is 3.56. The molecule has 0 bridgehead atoms. The Morgan fingerprint density at radius 3 is 2.42 bits per heavy atom. The van der Waals surface area contributed by atoms with E-state index in [1.165, 1.54) is 12.1 Å². The molecule has 2 aromatic rings. The van der Waals surface area contributed by atoms with Gasteiger partial charge in [0.05, 0.1) is 5.69 Å². The Labute approximate surface area is 111 Å². The van der Waals surface area contributed by atoms with Crippen LogP contribution in [-0.2, 0) is 15.9 Å². The van der Waals surface area contributed by atoms with Crippen LogP contribution in [0.3, 0.4) is 0 Å². The molecule has 0 fully saturated rings. The molecule has 0 saturated heterocycles. The second kappa shape index (κ2) is 6.36. The summed E-state index contributed by atoms with van der Waals surface area (Å²) in [6, 6.07) is 8.02. The van der Waals surface area contributed by atoms with E-state index in [2.05, 4.69) is 9.97 Å². The van der Waals surface area contributed by atoms with Gasteiger partial charge in [-0.05, 0) is 23.8 Å². The van der Waals surface area contributed by atoms with Crippen molar-refractivity contribution >= 4 is 0 Å². The number of methoxy groups -OCH3 is 2. The molecule has 0 atom stereocenters. The van der Waals surface area contributed by atoms with Crippen molar-refractivity contribution in [3.8, 4) is 0 Å². The molecule has 5 heteroatoms. The topological polar surface area (TPSA) is 44.2 Å². The summed E-state index contributed by atoms with van der Waals surface area (Å²) in [4.78, 5) is 8.57. The molecule has 1 heterocycles. The molecule has 100 valence electrons. The van der Waals surface area contributed by atoms with Gasteiger partial charge in [-0.1, -0.05) is 12.1 Å². The molecule has 19 heavy (non-hydrogen) atoms. The standard InChI is InChI=1S/C14H15FN2O2/c1-18-14(19-2)12-7-8-16-13(17-12)9-10-3-5-11(15)6-4-10/h3-8,14H,9H2,1-2H3. The molecule has 1 aromatic carbocycles. The molecular formula is C14H15FN2O2. The van der Waals surface area contributed by atoms with Gasteiger partial charge in [0.1, 0.15) is 11.6 Å². The normalized spacial score (nSPS) is 10.9. The number of rotatable bonds is 5. The fourth-order valence-corrected chi connectivity index (χ4v) is 1.75. The summed E-state index contributed by atoms with van der Waals surface area (Å²) in [5.41, 5.74) is 1.61. The molecule has 0 aliphatic heterocycles. The Bertz CT molecular complexity index is 527. The highest BCUT2D eigenvalue weighted by Gasteiger charge is 2.11. The summed E-state index contributed by atoms with van der Waals surface area (Å²) in [5, 5.41) is 0. The number of benzene rings is 1. The number of hydrogen-bond donors (Lipinski definition) is 0. The molecule has 0 saturated carbocycles. The second-order valence-electron chi connectivity index (χ2n) is 4.00. The molecule has 0 amide bonds. The van der Waals surface area contributed by atoms with Crippen LogP contribution in [0.2, 0.25) is 0 Å². The van der Waals surface area contributed by atoms with E-state index in [9.17, 15) is 4.39 Å². The molecular weight excluding hydrogens is 247 g/mol. The number of aromatic nitrogens is 2. The zero-order valence-electron chi connectivity index (χ0n) is 10.8. The molecule has 0 unspecified atom stereocenters. The van der Waals surface area contributed by atoms with Gasteiger partial charge in [0, 0.05) is 26.8 Å². The van der Waals surface area contributed by atoms with E-state index < -0.39 is 6.29 Å². The monoisotopic (exact) mass is 262 g/mol. The van der Waals surface area contributed by atoms with Gasteiger partial charge in [-0.2, -0.15) is 0 Å². The van der Waals surface area contributed by atoms with Gasteiger partial charge in [-0.15, -0.1) is 0 Å². The van der Waals surface area contributed by atoms with E-state index in [-0.39, 0.29) is 5.82 Å². The SMILES string of the molecule is COC(OC)c1ccnc(Cc2ccc(F)cc2)n1. The van der Waals surface area contributed by atoms with E-state index in [0.29, 0.717) is 17.9 Å². The lowest BCUT2D eigenvalue weighted by molar-refractivity contribution is -0.108. The smallest absolute Gasteiger partial charge is 0.200 e. The van der Waals surface area contributed by atoms with Crippen LogP contribution < -0.4 is 0 Å². The first kappa shape index (κ1) is 13.6. The second-order valence-corrected chi connectivity index (χ2v) is 4.00. The van der Waals surface area contributed by atoms with Gasteiger partial charge in [-0.25, -0.2) is 14.4 Å². The minimum Gasteiger partial charge on any atom is -0.350 e. The van der Waals surface area contributed by atoms with Crippen molar-refractivity contribution in [3.63, 3.8) is 0 Å². The highest BCUT2D eigenvalue weighted by atomic mass is 19.1. The average molecular weight is 262 g/mol. The molecule has 0 aliphatic rings. The number of ether oxygens (including phenoxy) is 2. The number of hydrogen-bond acceptors (Lipinski definition) is 4. The van der Waals surface area contributed by atoms with Gasteiger partial charge < -0.3 is 9.47 Å². The van der Waals surface area contributed by atoms with Crippen LogP contribution >= 0.6 is 0 Å². The lowest BCUT2D eigenvalue weighted by Gasteiger charge is -2.13. The summed E-state index contributed by atoms with van der Waals surface area (Å²) in [5.74, 6) is 0.389. The zero-order valence-corrected chi connectivity index (χ0v) is 10.8. The first-order valence-corrected chi connectivity index (χ1v) is 5.85. The molecule has 2 rings (SSSR count). The van der Waals surface area contributed by atoms with Crippen LogP contribution in [0.4, 0.5) is 4.39 Å². The lowest BCUT2D eigenvalue weighted by atomic mass is 10.1. The van der Waals surface area contributed by atoms with Crippen LogP contribution in [0.1, 0.15) is 23.4 Å². The van der Waals surface area contributed by atoms with Gasteiger partial charge in [0.15, 0.2) is 0 Å². The minimum absolute atomic E-state index is 0.253. The Hall–Kier alpha value is -1.85. The third-order valence-electron chi connectivity index (χ3n) is 2.67. The highest BCUT2D eigenvalue weighted by Crippen LogP contribution is 2.15. The first-order chi connectivity index (χ1) is 9.22. The summed E-state index contributed by atoms with van der Waals surface area (Å²) in [6.07, 6.45) is 1.69. The average Bonchev–Trinajstić information content (AvgIpc) is 2.43. The third-order valence-corrected chi connectivity index (χ3v) is 2.67. The Morgan fingerprint density at radius 1 is 1.11 bits per heavy atom. The largest absolute Gasteiger partial charge is 0.350 e. The van der Waals surface area contributed by atoms with Crippen molar-refractivity contribution in [1.82, 2.24) is 9.97 Å². The van der Waals surface area contributed by atoms with E-state index in [4.69, 9.17) is 9.47 Å². The minimum atomic E-state index is -0.505. The lowest BCUT2D eigenvalue weighted by Crippen LogP contribution is -2.08. The summed E-state index contributed by atoms with van der Waals surface area (Å²) >= 11 is 0. The van der Waals surface area contributed by atoms with Crippen molar-refractivity contribution in [1.29, 1.82) is 0 Å². The van der Waals surface area contributed by atoms with Gasteiger partial charge >= 0.3 is 0 Å². The van der Waals surface area contributed by atoms with Crippen LogP contribution in [0.5, 0.6) is 0 Å². The van der Waals surface area contributed by atoms with Crippen molar-refractivity contribution in [3.05, 3.63) is 59.4 Å². The quantitative estimate of drug-likeness (QED) is 0.777. The van der Waals surface area contributed by atoms with Crippen molar-refractivity contribution in [2.24, 2.45) is 0 Å². The predicted octanol–water partition coefficient (Wildman–Crippen LogP) is 2.50. The zero-order chi connectivity index (χ0) is 13.7. The Kier molecular flexibility index (Phi) is 4.54. The maximum Gasteiger partial charge on any atom is 0.200 e. The van der Waals surface area contributed by atoms with Crippen LogP contribution in [0.15, 0.2) is 36.5 Å². The van der Waals surface area contributed by atoms with Gasteiger partial charge in [-0.3, -0.25) is 0 Å². The summed E-state index contributed by atoms with van der Waals surface area (Å²) in [7, 11) is 3.10. The maximum absolute atomic E-state index is 12.8. The van der Waals surface area contributed by atoms with Gasteiger partial charge in [0.25, 0.3) is 0 Å². The van der Waals surface area contributed by atoms with Gasteiger partial charge in [0.2, 0.25) is 6.29 Å². The number of nitrogens with zero attached hydrogens (tertiary/aromatic N) is 2. The fourth-order valence-electron chi connectivity index (χ4n) is 1.75. The van der Waals surface area contributed by atoms with Crippen molar-refractivity contribution in [2.75, 3.05) is 14.2 Å². The molecule has 0 N–H and O–H groups in total. The molecule has 4 nitrogen and oxygen atoms in total. The van der Waals surface area contributed by atoms with Crippen LogP contribution in [0.25, 0.3) is 0 Å².